The molecule has 1 rings (SSSR count). The van der Waals surface area contributed by atoms with E-state index >= 15 is 0 Å². The van der Waals surface area contributed by atoms with Crippen LogP contribution in [0, 0.1) is 0 Å². The molecule has 0 saturated heterocycles. The summed E-state index contributed by atoms with van der Waals surface area (Å²) in [4.78, 5) is 11.8. The molecular formula is C12H23NO2S. The Morgan fingerprint density at radius 2 is 1.94 bits per heavy atom. The normalized spacial score (nSPS) is 19.8. The third-order valence-electron chi connectivity index (χ3n) is 2.90. The highest BCUT2D eigenvalue weighted by molar-refractivity contribution is 8.01. The number of hydrogen-bond donors (Lipinski definition) is 2. The third kappa shape index (κ3) is 4.34. The summed E-state index contributed by atoms with van der Waals surface area (Å²) in [5.41, 5.74) is -0.324. The number of aliphatic hydroxyl groups is 1. The molecule has 0 aromatic heterocycles. The Balaban J connectivity index is 2.38. The van der Waals surface area contributed by atoms with Crippen LogP contribution in [-0.4, -0.2) is 33.7 Å². The van der Waals surface area contributed by atoms with Crippen LogP contribution in [-0.2, 0) is 4.79 Å². The minimum atomic E-state index is -0.324. The highest BCUT2D eigenvalue weighted by Crippen LogP contribution is 2.29. The van der Waals surface area contributed by atoms with Gasteiger partial charge >= 0.3 is 0 Å². The Labute approximate surface area is 102 Å². The first-order chi connectivity index (χ1) is 7.37. The van der Waals surface area contributed by atoms with Gasteiger partial charge in [-0.15, -0.1) is 11.8 Å². The van der Waals surface area contributed by atoms with Gasteiger partial charge in [-0.2, -0.15) is 0 Å². The Bertz CT molecular complexity index is 242. The zero-order valence-corrected chi connectivity index (χ0v) is 11.3. The van der Waals surface area contributed by atoms with Crippen LogP contribution in [0.3, 0.4) is 0 Å². The monoisotopic (exact) mass is 245 g/mol. The second kappa shape index (κ2) is 5.41. The van der Waals surface area contributed by atoms with Crippen LogP contribution < -0.4 is 5.32 Å². The number of nitrogens with one attached hydrogen (secondary N) is 1. The largest absolute Gasteiger partial charge is 0.394 e. The Morgan fingerprint density at radius 3 is 2.38 bits per heavy atom. The van der Waals surface area contributed by atoms with Crippen molar-refractivity contribution in [3.63, 3.8) is 0 Å². The van der Waals surface area contributed by atoms with Gasteiger partial charge in [0.15, 0.2) is 0 Å². The van der Waals surface area contributed by atoms with Crippen LogP contribution in [0.1, 0.15) is 46.5 Å². The lowest BCUT2D eigenvalue weighted by atomic mass is 9.99. The van der Waals surface area contributed by atoms with Gasteiger partial charge < -0.3 is 10.4 Å². The average molecular weight is 245 g/mol. The van der Waals surface area contributed by atoms with Crippen molar-refractivity contribution in [1.29, 1.82) is 0 Å². The van der Waals surface area contributed by atoms with E-state index in [2.05, 4.69) is 26.1 Å². The summed E-state index contributed by atoms with van der Waals surface area (Å²) < 4.78 is 0.111. The number of thioether (sulfide) groups is 1. The van der Waals surface area contributed by atoms with Crippen molar-refractivity contribution in [3.8, 4) is 0 Å². The number of aliphatic hydroxyl groups excluding tert-OH is 1. The zero-order chi connectivity index (χ0) is 12.2. The molecule has 3 nitrogen and oxygen atoms in total. The molecule has 0 spiro atoms. The molecule has 94 valence electrons. The summed E-state index contributed by atoms with van der Waals surface area (Å²) >= 11 is 1.64. The molecule has 0 aliphatic heterocycles. The third-order valence-corrected chi connectivity index (χ3v) is 4.18. The molecule has 0 atom stereocenters. The second-order valence-electron chi connectivity index (χ2n) is 5.59. The first-order valence-corrected chi connectivity index (χ1v) is 6.91. The van der Waals surface area contributed by atoms with E-state index < -0.39 is 0 Å². The van der Waals surface area contributed by atoms with Crippen LogP contribution in [0.5, 0.6) is 0 Å². The number of carbonyl (C=O) groups is 1. The van der Waals surface area contributed by atoms with Crippen molar-refractivity contribution in [2.75, 3.05) is 12.4 Å². The summed E-state index contributed by atoms with van der Waals surface area (Å²) in [5.74, 6) is 0.529. The van der Waals surface area contributed by atoms with E-state index in [1.54, 1.807) is 11.8 Å². The van der Waals surface area contributed by atoms with Crippen LogP contribution >= 0.6 is 11.8 Å². The summed E-state index contributed by atoms with van der Waals surface area (Å²) in [6, 6.07) is 0. The molecule has 2 N–H and O–H groups in total. The molecule has 0 heterocycles. The minimum Gasteiger partial charge on any atom is -0.394 e. The van der Waals surface area contributed by atoms with E-state index in [-0.39, 0.29) is 22.8 Å². The Morgan fingerprint density at radius 1 is 1.38 bits per heavy atom. The molecule has 16 heavy (non-hydrogen) atoms. The van der Waals surface area contributed by atoms with Crippen molar-refractivity contribution in [3.05, 3.63) is 0 Å². The molecule has 1 fully saturated rings. The topological polar surface area (TPSA) is 49.3 Å². The van der Waals surface area contributed by atoms with Gasteiger partial charge in [0.05, 0.1) is 17.9 Å². The minimum absolute atomic E-state index is 0.0517. The molecule has 1 amide bonds. The van der Waals surface area contributed by atoms with E-state index in [9.17, 15) is 9.90 Å². The molecular weight excluding hydrogens is 222 g/mol. The number of hydrogen-bond acceptors (Lipinski definition) is 3. The zero-order valence-electron chi connectivity index (χ0n) is 10.5. The van der Waals surface area contributed by atoms with Gasteiger partial charge in [0.2, 0.25) is 5.91 Å². The predicted molar refractivity (Wildman–Crippen MR) is 68.6 cm³/mol. The second-order valence-corrected chi connectivity index (χ2v) is 7.40. The molecule has 0 aromatic carbocycles. The molecule has 0 unspecified atom stereocenters. The SMILES string of the molecule is CC(C)(C)SCC(=O)NC1(CO)CCCC1. The first-order valence-electron chi connectivity index (χ1n) is 5.93. The lowest BCUT2D eigenvalue weighted by Gasteiger charge is -2.28. The predicted octanol–water partition coefficient (Wildman–Crippen LogP) is 1.94. The van der Waals surface area contributed by atoms with E-state index in [0.717, 1.165) is 25.7 Å². The summed E-state index contributed by atoms with van der Waals surface area (Å²) in [5, 5.41) is 12.4. The molecule has 0 radical (unpaired) electrons. The maximum Gasteiger partial charge on any atom is 0.230 e. The van der Waals surface area contributed by atoms with Gasteiger partial charge in [-0.1, -0.05) is 33.6 Å². The van der Waals surface area contributed by atoms with Crippen molar-refractivity contribution in [2.45, 2.75) is 56.7 Å². The lowest BCUT2D eigenvalue weighted by molar-refractivity contribution is -0.121. The number of amides is 1. The van der Waals surface area contributed by atoms with Crippen molar-refractivity contribution >= 4 is 17.7 Å². The van der Waals surface area contributed by atoms with E-state index in [4.69, 9.17) is 0 Å². The first kappa shape index (κ1) is 13.8. The Kier molecular flexibility index (Phi) is 4.68. The average Bonchev–Trinajstić information content (AvgIpc) is 2.63. The Hall–Kier alpha value is -0.220. The lowest BCUT2D eigenvalue weighted by Crippen LogP contribution is -2.50. The fraction of sp³-hybridized carbons (Fsp3) is 0.917. The summed E-state index contributed by atoms with van der Waals surface area (Å²) in [7, 11) is 0. The van der Waals surface area contributed by atoms with E-state index in [0.29, 0.717) is 5.75 Å². The highest BCUT2D eigenvalue weighted by atomic mass is 32.2. The molecule has 0 bridgehead atoms. The molecule has 1 aliphatic carbocycles. The van der Waals surface area contributed by atoms with E-state index in [1.807, 2.05) is 0 Å². The van der Waals surface area contributed by atoms with Crippen LogP contribution in [0.25, 0.3) is 0 Å². The van der Waals surface area contributed by atoms with Crippen LogP contribution in [0.15, 0.2) is 0 Å². The summed E-state index contributed by atoms with van der Waals surface area (Å²) in [6.45, 7) is 6.37. The highest BCUT2D eigenvalue weighted by Gasteiger charge is 2.34. The summed E-state index contributed by atoms with van der Waals surface area (Å²) in [6.07, 6.45) is 4.03. The molecule has 0 aromatic rings. The van der Waals surface area contributed by atoms with Crippen LogP contribution in [0.4, 0.5) is 0 Å². The number of carbonyl (C=O) groups excluding carboxylic acids is 1. The number of rotatable bonds is 4. The van der Waals surface area contributed by atoms with Crippen LogP contribution in [0.2, 0.25) is 0 Å². The molecule has 1 aliphatic rings. The van der Waals surface area contributed by atoms with Crippen molar-refractivity contribution in [1.82, 2.24) is 5.32 Å². The van der Waals surface area contributed by atoms with Gasteiger partial charge in [-0.25, -0.2) is 0 Å². The standard InChI is InChI=1S/C12H23NO2S/c1-11(2,3)16-8-10(15)13-12(9-14)6-4-5-7-12/h14H,4-9H2,1-3H3,(H,13,15). The van der Waals surface area contributed by atoms with Gasteiger partial charge in [-0.05, 0) is 12.8 Å². The van der Waals surface area contributed by atoms with Gasteiger partial charge in [0, 0.05) is 4.75 Å². The molecule has 1 saturated carbocycles. The van der Waals surface area contributed by atoms with Crippen molar-refractivity contribution in [2.24, 2.45) is 0 Å². The van der Waals surface area contributed by atoms with Gasteiger partial charge in [0.1, 0.15) is 0 Å². The van der Waals surface area contributed by atoms with Crippen molar-refractivity contribution < 1.29 is 9.90 Å². The van der Waals surface area contributed by atoms with Gasteiger partial charge in [0.25, 0.3) is 0 Å². The molecule has 4 heteroatoms. The fourth-order valence-electron chi connectivity index (χ4n) is 1.99. The van der Waals surface area contributed by atoms with E-state index in [1.165, 1.54) is 0 Å². The maximum absolute atomic E-state index is 11.8. The maximum atomic E-state index is 11.8. The smallest absolute Gasteiger partial charge is 0.230 e. The van der Waals surface area contributed by atoms with Gasteiger partial charge in [-0.3, -0.25) is 4.79 Å². The fourth-order valence-corrected chi connectivity index (χ4v) is 2.62. The quantitative estimate of drug-likeness (QED) is 0.796.